The Kier molecular flexibility index (Phi) is 3.10. The highest BCUT2D eigenvalue weighted by Crippen LogP contribution is 2.46. The number of carboxylic acids is 1. The highest BCUT2D eigenvalue weighted by atomic mass is 32.2. The number of carbonyl (C=O) groups is 2. The zero-order chi connectivity index (χ0) is 16.1. The van der Waals surface area contributed by atoms with Crippen molar-refractivity contribution in [3.63, 3.8) is 0 Å². The van der Waals surface area contributed by atoms with Gasteiger partial charge in [-0.1, -0.05) is 12.1 Å². The van der Waals surface area contributed by atoms with E-state index in [4.69, 9.17) is 0 Å². The van der Waals surface area contributed by atoms with Crippen LogP contribution in [0.2, 0.25) is 0 Å². The van der Waals surface area contributed by atoms with Crippen LogP contribution in [0.4, 0.5) is 0 Å². The van der Waals surface area contributed by atoms with Crippen LogP contribution in [-0.4, -0.2) is 51.4 Å². The van der Waals surface area contributed by atoms with Gasteiger partial charge in [0.15, 0.2) is 15.9 Å². The molecule has 0 saturated carbocycles. The molecule has 3 rings (SSSR count). The first-order chi connectivity index (χ1) is 10.3. The summed E-state index contributed by atoms with van der Waals surface area (Å²) in [6, 6.07) is 3.72. The second-order valence-electron chi connectivity index (χ2n) is 5.52. The molecule has 2 aliphatic rings. The van der Waals surface area contributed by atoms with Crippen molar-refractivity contribution in [2.24, 2.45) is 0 Å². The second-order valence-corrected chi connectivity index (χ2v) is 8.03. The number of rotatable bonds is 3. The molecule has 22 heavy (non-hydrogen) atoms. The fraction of sp³-hybridized carbons (Fsp3) is 0.357. The van der Waals surface area contributed by atoms with Crippen LogP contribution in [0.5, 0.6) is 0 Å². The summed E-state index contributed by atoms with van der Waals surface area (Å²) in [5, 5.41) is 8.37. The zero-order valence-corrected chi connectivity index (χ0v) is 12.5. The van der Waals surface area contributed by atoms with E-state index in [0.717, 1.165) is 4.90 Å². The SMILES string of the molecule is C[C@]1(C=Cc2ccccn2)[C@H](C(=O)O)N2C(=O)C[C@H]2S1(=O)=O. The van der Waals surface area contributed by atoms with Gasteiger partial charge >= 0.3 is 5.97 Å². The molecule has 116 valence electrons. The Morgan fingerprint density at radius 1 is 1.50 bits per heavy atom. The molecule has 2 fully saturated rings. The van der Waals surface area contributed by atoms with Gasteiger partial charge in [-0.3, -0.25) is 9.78 Å². The maximum Gasteiger partial charge on any atom is 0.328 e. The summed E-state index contributed by atoms with van der Waals surface area (Å²) in [6.45, 7) is 1.34. The summed E-state index contributed by atoms with van der Waals surface area (Å²) < 4.78 is 23.6. The van der Waals surface area contributed by atoms with Crippen LogP contribution in [0.15, 0.2) is 30.5 Å². The van der Waals surface area contributed by atoms with Gasteiger partial charge in [-0.25, -0.2) is 13.2 Å². The molecular weight excluding hydrogens is 308 g/mol. The van der Waals surface area contributed by atoms with Gasteiger partial charge in [0.05, 0.1) is 12.1 Å². The number of pyridine rings is 1. The predicted octanol–water partition coefficient (Wildman–Crippen LogP) is 0.294. The van der Waals surface area contributed by atoms with Crippen molar-refractivity contribution in [2.45, 2.75) is 29.5 Å². The summed E-state index contributed by atoms with van der Waals surface area (Å²) in [5.41, 5.74) is 0.517. The first-order valence-corrected chi connectivity index (χ1v) is 8.21. The Bertz CT molecular complexity index is 774. The Morgan fingerprint density at radius 2 is 2.23 bits per heavy atom. The van der Waals surface area contributed by atoms with E-state index in [1.807, 2.05) is 0 Å². The first-order valence-electron chi connectivity index (χ1n) is 6.67. The lowest BCUT2D eigenvalue weighted by atomic mass is 9.95. The fourth-order valence-electron chi connectivity index (χ4n) is 2.97. The van der Waals surface area contributed by atoms with E-state index in [0.29, 0.717) is 5.69 Å². The number of hydrogen-bond donors (Lipinski definition) is 1. The highest BCUT2D eigenvalue weighted by Gasteiger charge is 2.68. The van der Waals surface area contributed by atoms with Crippen LogP contribution in [0.25, 0.3) is 6.08 Å². The predicted molar refractivity (Wildman–Crippen MR) is 77.3 cm³/mol. The van der Waals surface area contributed by atoms with Crippen molar-refractivity contribution in [3.05, 3.63) is 36.2 Å². The molecule has 0 aromatic carbocycles. The summed E-state index contributed by atoms with van der Waals surface area (Å²) in [4.78, 5) is 28.2. The van der Waals surface area contributed by atoms with Crippen LogP contribution in [0.3, 0.4) is 0 Å². The smallest absolute Gasteiger partial charge is 0.328 e. The molecule has 0 unspecified atom stereocenters. The molecule has 3 heterocycles. The number of fused-ring (bicyclic) bond motifs is 1. The van der Waals surface area contributed by atoms with Gasteiger partial charge < -0.3 is 10.0 Å². The molecule has 0 spiro atoms. The molecule has 2 aliphatic heterocycles. The molecular formula is C14H14N2O5S. The molecule has 0 bridgehead atoms. The van der Waals surface area contributed by atoms with Crippen molar-refractivity contribution in [1.82, 2.24) is 9.88 Å². The Balaban J connectivity index is 2.07. The van der Waals surface area contributed by atoms with Gasteiger partial charge in [0.1, 0.15) is 10.1 Å². The minimum Gasteiger partial charge on any atom is -0.480 e. The van der Waals surface area contributed by atoms with E-state index in [1.54, 1.807) is 24.4 Å². The number of hydrogen-bond acceptors (Lipinski definition) is 5. The maximum atomic E-state index is 12.6. The summed E-state index contributed by atoms with van der Waals surface area (Å²) in [7, 11) is -3.82. The van der Waals surface area contributed by atoms with Gasteiger partial charge in [0.25, 0.3) is 0 Å². The molecule has 0 aliphatic carbocycles. The minimum atomic E-state index is -3.82. The quantitative estimate of drug-likeness (QED) is 0.802. The van der Waals surface area contributed by atoms with Crippen LogP contribution in [0.1, 0.15) is 19.0 Å². The number of sulfone groups is 1. The summed E-state index contributed by atoms with van der Waals surface area (Å²) in [6.07, 6.45) is 4.20. The van der Waals surface area contributed by atoms with Crippen molar-refractivity contribution in [2.75, 3.05) is 0 Å². The molecule has 1 N–H and O–H groups in total. The van der Waals surface area contributed by atoms with Crippen LogP contribution < -0.4 is 0 Å². The minimum absolute atomic E-state index is 0.154. The monoisotopic (exact) mass is 322 g/mol. The number of carboxylic acid groups (broad SMARTS) is 1. The number of β-lactam (4-membered cyclic amide) rings is 1. The third-order valence-electron chi connectivity index (χ3n) is 4.25. The van der Waals surface area contributed by atoms with Gasteiger partial charge in [0, 0.05) is 6.20 Å². The molecule has 1 aromatic heterocycles. The van der Waals surface area contributed by atoms with Crippen molar-refractivity contribution in [3.8, 4) is 0 Å². The van der Waals surface area contributed by atoms with Crippen LogP contribution >= 0.6 is 0 Å². The van der Waals surface area contributed by atoms with Crippen molar-refractivity contribution >= 4 is 27.8 Å². The van der Waals surface area contributed by atoms with Crippen molar-refractivity contribution < 1.29 is 23.1 Å². The molecule has 1 amide bonds. The number of aromatic nitrogens is 1. The fourth-order valence-corrected chi connectivity index (χ4v) is 5.24. The third-order valence-corrected chi connectivity index (χ3v) is 6.94. The van der Waals surface area contributed by atoms with Gasteiger partial charge in [-0.2, -0.15) is 0 Å². The van der Waals surface area contributed by atoms with Crippen LogP contribution in [-0.2, 0) is 19.4 Å². The molecule has 3 atom stereocenters. The summed E-state index contributed by atoms with van der Waals surface area (Å²) in [5.74, 6) is -1.77. The molecule has 7 nitrogen and oxygen atoms in total. The van der Waals surface area contributed by atoms with Gasteiger partial charge in [-0.05, 0) is 25.1 Å². The number of amides is 1. The number of aliphatic carboxylic acids is 1. The molecule has 2 saturated heterocycles. The average Bonchev–Trinajstić information content (AvgIpc) is 2.61. The standard InChI is InChI=1S/C14H14N2O5S/c1-14(6-5-9-4-2-3-7-15-9)12(13(18)19)16-10(17)8-11(16)22(14,20)21/h2-7,11-12H,8H2,1H3,(H,18,19)/t11-,12+,14+/m1/s1. The van der Waals surface area contributed by atoms with E-state index >= 15 is 0 Å². The Hall–Kier alpha value is -2.22. The number of nitrogens with zero attached hydrogens (tertiary/aromatic N) is 2. The largest absolute Gasteiger partial charge is 0.480 e. The Morgan fingerprint density at radius 3 is 2.77 bits per heavy atom. The highest BCUT2D eigenvalue weighted by molar-refractivity contribution is 7.94. The van der Waals surface area contributed by atoms with Gasteiger partial charge in [0.2, 0.25) is 5.91 Å². The number of carbonyl (C=O) groups excluding carboxylic acids is 1. The second kappa shape index (κ2) is 4.64. The summed E-state index contributed by atoms with van der Waals surface area (Å²) >= 11 is 0. The average molecular weight is 322 g/mol. The van der Waals surface area contributed by atoms with E-state index in [9.17, 15) is 23.1 Å². The van der Waals surface area contributed by atoms with E-state index < -0.39 is 37.9 Å². The van der Waals surface area contributed by atoms with E-state index in [2.05, 4.69) is 4.98 Å². The zero-order valence-electron chi connectivity index (χ0n) is 11.7. The molecule has 1 aromatic rings. The van der Waals surface area contributed by atoms with Crippen LogP contribution in [0, 0.1) is 0 Å². The normalized spacial score (nSPS) is 32.8. The molecule has 0 radical (unpaired) electrons. The van der Waals surface area contributed by atoms with E-state index in [1.165, 1.54) is 19.1 Å². The lowest BCUT2D eigenvalue weighted by Crippen LogP contribution is -2.57. The molecule has 8 heteroatoms. The van der Waals surface area contributed by atoms with Gasteiger partial charge in [-0.15, -0.1) is 0 Å². The first kappa shape index (κ1) is 14.7. The third kappa shape index (κ3) is 1.80. The lowest BCUT2D eigenvalue weighted by Gasteiger charge is -2.35. The maximum absolute atomic E-state index is 12.6. The Labute approximate surface area is 127 Å². The van der Waals surface area contributed by atoms with Crippen molar-refractivity contribution in [1.29, 1.82) is 0 Å². The lowest BCUT2D eigenvalue weighted by molar-refractivity contribution is -0.157. The topological polar surface area (TPSA) is 105 Å². The van der Waals surface area contributed by atoms with E-state index in [-0.39, 0.29) is 6.42 Å².